The summed E-state index contributed by atoms with van der Waals surface area (Å²) >= 11 is 9.36. The van der Waals surface area contributed by atoms with E-state index in [1.54, 1.807) is 42.5 Å². The van der Waals surface area contributed by atoms with Crippen LogP contribution in [-0.4, -0.2) is 28.2 Å². The van der Waals surface area contributed by atoms with Crippen molar-refractivity contribution in [3.63, 3.8) is 0 Å². The van der Waals surface area contributed by atoms with Gasteiger partial charge in [-0.05, 0) is 60.5 Å². The lowest BCUT2D eigenvalue weighted by Gasteiger charge is -2.24. The fraction of sp³-hybridized carbons (Fsp3) is 0.120. The smallest absolute Gasteiger partial charge is 0.290 e. The average Bonchev–Trinajstić information content (AvgIpc) is 3.52. The number of aliphatic hydroxyl groups excluding tert-OH is 1. The van der Waals surface area contributed by atoms with E-state index in [1.165, 1.54) is 11.2 Å². The van der Waals surface area contributed by atoms with Crippen molar-refractivity contribution >= 4 is 50.2 Å². The largest absolute Gasteiger partial charge is 0.503 e. The van der Waals surface area contributed by atoms with Crippen LogP contribution < -0.4 is 0 Å². The van der Waals surface area contributed by atoms with Gasteiger partial charge in [0.1, 0.15) is 17.4 Å². The number of hydrogen-bond donors (Lipinski definition) is 1. The molecule has 4 aromatic rings. The zero-order chi connectivity index (χ0) is 23.1. The molecule has 3 heterocycles. The van der Waals surface area contributed by atoms with E-state index in [-0.39, 0.29) is 17.9 Å². The highest BCUT2D eigenvalue weighted by molar-refractivity contribution is 9.10. The SMILES string of the molecule is O=C(C1=C(O)C(=O)N(CCc2ccc(Cl)cc2)C1c1ccco1)c1cc2cc(Br)ccc2o1. The van der Waals surface area contributed by atoms with Crippen molar-refractivity contribution in [1.82, 2.24) is 4.90 Å². The van der Waals surface area contributed by atoms with Gasteiger partial charge in [-0.2, -0.15) is 0 Å². The van der Waals surface area contributed by atoms with Gasteiger partial charge in [-0.3, -0.25) is 9.59 Å². The molecule has 0 bridgehead atoms. The number of hydrogen-bond acceptors (Lipinski definition) is 5. The highest BCUT2D eigenvalue weighted by Crippen LogP contribution is 2.40. The molecule has 6 nitrogen and oxygen atoms in total. The van der Waals surface area contributed by atoms with Crippen LogP contribution in [0.2, 0.25) is 5.02 Å². The molecule has 0 spiro atoms. The Morgan fingerprint density at radius 2 is 1.91 bits per heavy atom. The van der Waals surface area contributed by atoms with E-state index in [9.17, 15) is 14.7 Å². The number of nitrogens with zero attached hydrogens (tertiary/aromatic N) is 1. The Morgan fingerprint density at radius 1 is 1.12 bits per heavy atom. The van der Waals surface area contributed by atoms with Gasteiger partial charge in [0.25, 0.3) is 5.91 Å². The molecule has 166 valence electrons. The predicted octanol–water partition coefficient (Wildman–Crippen LogP) is 6.26. The van der Waals surface area contributed by atoms with E-state index in [0.717, 1.165) is 15.4 Å². The quantitative estimate of drug-likeness (QED) is 0.300. The van der Waals surface area contributed by atoms with Crippen LogP contribution in [0.1, 0.15) is 27.9 Å². The summed E-state index contributed by atoms with van der Waals surface area (Å²) in [6, 6.07) is 16.7. The molecule has 0 radical (unpaired) electrons. The third kappa shape index (κ3) is 3.98. The van der Waals surface area contributed by atoms with Gasteiger partial charge in [-0.25, -0.2) is 0 Å². The van der Waals surface area contributed by atoms with Crippen molar-refractivity contribution in [1.29, 1.82) is 0 Å². The highest BCUT2D eigenvalue weighted by Gasteiger charge is 2.45. The van der Waals surface area contributed by atoms with Crippen LogP contribution in [0.3, 0.4) is 0 Å². The van der Waals surface area contributed by atoms with Crippen molar-refractivity contribution in [2.45, 2.75) is 12.5 Å². The highest BCUT2D eigenvalue weighted by atomic mass is 79.9. The first-order chi connectivity index (χ1) is 15.9. The molecule has 1 N–H and O–H groups in total. The Bertz CT molecular complexity index is 1390. The second-order valence-electron chi connectivity index (χ2n) is 7.68. The van der Waals surface area contributed by atoms with Gasteiger partial charge in [0.15, 0.2) is 11.5 Å². The number of amides is 1. The van der Waals surface area contributed by atoms with Gasteiger partial charge < -0.3 is 18.8 Å². The number of rotatable bonds is 6. The molecule has 2 aromatic heterocycles. The summed E-state index contributed by atoms with van der Waals surface area (Å²) in [5.41, 5.74) is 1.43. The number of carbonyl (C=O) groups is 2. The summed E-state index contributed by atoms with van der Waals surface area (Å²) in [6.07, 6.45) is 1.97. The number of carbonyl (C=O) groups excluding carboxylic acids is 2. The zero-order valence-electron chi connectivity index (χ0n) is 17.1. The lowest BCUT2D eigenvalue weighted by Crippen LogP contribution is -2.32. The molecule has 1 amide bonds. The van der Waals surface area contributed by atoms with Gasteiger partial charge in [-0.15, -0.1) is 0 Å². The molecule has 0 saturated carbocycles. The van der Waals surface area contributed by atoms with E-state index < -0.39 is 23.5 Å². The molecule has 1 aliphatic rings. The molecule has 0 fully saturated rings. The van der Waals surface area contributed by atoms with Crippen LogP contribution in [0.15, 0.2) is 91.6 Å². The van der Waals surface area contributed by atoms with Crippen molar-refractivity contribution in [2.24, 2.45) is 0 Å². The predicted molar refractivity (Wildman–Crippen MR) is 126 cm³/mol. The monoisotopic (exact) mass is 525 g/mol. The second-order valence-corrected chi connectivity index (χ2v) is 9.03. The summed E-state index contributed by atoms with van der Waals surface area (Å²) in [5.74, 6) is -1.38. The van der Waals surface area contributed by atoms with Crippen LogP contribution in [0.4, 0.5) is 0 Å². The lowest BCUT2D eigenvalue weighted by atomic mass is 9.99. The topological polar surface area (TPSA) is 83.9 Å². The van der Waals surface area contributed by atoms with E-state index in [2.05, 4.69) is 15.9 Å². The molecular formula is C25H17BrClNO5. The first-order valence-electron chi connectivity index (χ1n) is 10.2. The molecule has 5 rings (SSSR count). The van der Waals surface area contributed by atoms with Crippen LogP contribution in [0.5, 0.6) is 0 Å². The Kier molecular flexibility index (Phi) is 5.60. The molecule has 2 aromatic carbocycles. The standard InChI is InChI=1S/C25H17BrClNO5/c26-16-5-8-18-15(12-16)13-20(33-18)23(29)21-22(19-2-1-11-32-19)28(25(31)24(21)30)10-9-14-3-6-17(27)7-4-14/h1-8,11-13,22,30H,9-10H2. The third-order valence-corrected chi connectivity index (χ3v) is 6.36. The number of furan rings is 2. The second kappa shape index (κ2) is 8.57. The fourth-order valence-electron chi connectivity index (χ4n) is 4.02. The molecule has 1 unspecified atom stereocenters. The maximum absolute atomic E-state index is 13.5. The lowest BCUT2D eigenvalue weighted by molar-refractivity contribution is -0.129. The summed E-state index contributed by atoms with van der Waals surface area (Å²) in [5, 5.41) is 12.1. The minimum Gasteiger partial charge on any atom is -0.503 e. The molecule has 0 saturated heterocycles. The number of benzene rings is 2. The van der Waals surface area contributed by atoms with Gasteiger partial charge >= 0.3 is 0 Å². The van der Waals surface area contributed by atoms with E-state index in [0.29, 0.717) is 22.8 Å². The number of aliphatic hydroxyl groups is 1. The maximum Gasteiger partial charge on any atom is 0.290 e. The molecule has 33 heavy (non-hydrogen) atoms. The zero-order valence-corrected chi connectivity index (χ0v) is 19.5. The Hall–Kier alpha value is -3.29. The fourth-order valence-corrected chi connectivity index (χ4v) is 4.52. The number of halogens is 2. The van der Waals surface area contributed by atoms with Crippen molar-refractivity contribution in [2.75, 3.05) is 6.54 Å². The van der Waals surface area contributed by atoms with Crippen LogP contribution >= 0.6 is 27.5 Å². The number of ketones is 1. The number of Topliss-reactive ketones (excluding diaryl/α,β-unsaturated/α-hetero) is 1. The summed E-state index contributed by atoms with van der Waals surface area (Å²) in [4.78, 5) is 27.9. The van der Waals surface area contributed by atoms with E-state index >= 15 is 0 Å². The third-order valence-electron chi connectivity index (χ3n) is 5.62. The molecule has 1 aliphatic heterocycles. The average molecular weight is 527 g/mol. The van der Waals surface area contributed by atoms with Crippen LogP contribution in [0.25, 0.3) is 11.0 Å². The van der Waals surface area contributed by atoms with E-state index in [1.807, 2.05) is 18.2 Å². The molecular weight excluding hydrogens is 510 g/mol. The van der Waals surface area contributed by atoms with Gasteiger partial charge in [0.2, 0.25) is 5.78 Å². The van der Waals surface area contributed by atoms with Gasteiger partial charge in [0.05, 0.1) is 11.8 Å². The minimum atomic E-state index is -0.868. The summed E-state index contributed by atoms with van der Waals surface area (Å²) in [6.45, 7) is 0.264. The summed E-state index contributed by atoms with van der Waals surface area (Å²) in [7, 11) is 0. The maximum atomic E-state index is 13.5. The van der Waals surface area contributed by atoms with Crippen molar-refractivity contribution in [3.05, 3.63) is 105 Å². The van der Waals surface area contributed by atoms with E-state index in [4.69, 9.17) is 20.4 Å². The Balaban J connectivity index is 1.50. The Morgan fingerprint density at radius 3 is 2.64 bits per heavy atom. The molecule has 1 atom stereocenters. The van der Waals surface area contributed by atoms with Gasteiger partial charge in [0, 0.05) is 21.4 Å². The first-order valence-corrected chi connectivity index (χ1v) is 11.3. The molecule has 8 heteroatoms. The molecule has 0 aliphatic carbocycles. The normalized spacial score (nSPS) is 16.2. The van der Waals surface area contributed by atoms with Crippen LogP contribution in [0, 0.1) is 0 Å². The van der Waals surface area contributed by atoms with Crippen molar-refractivity contribution in [3.8, 4) is 0 Å². The van der Waals surface area contributed by atoms with Crippen LogP contribution in [-0.2, 0) is 11.2 Å². The Labute approximate surface area is 202 Å². The minimum absolute atomic E-state index is 0.0357. The number of fused-ring (bicyclic) bond motifs is 1. The van der Waals surface area contributed by atoms with Crippen molar-refractivity contribution < 1.29 is 23.5 Å². The summed E-state index contributed by atoms with van der Waals surface area (Å²) < 4.78 is 12.1. The van der Waals surface area contributed by atoms with Gasteiger partial charge in [-0.1, -0.05) is 39.7 Å². The first kappa shape index (κ1) is 21.6.